The largest absolute Gasteiger partial charge is 0.380 e. The molecule has 3 nitrogen and oxygen atoms in total. The van der Waals surface area contributed by atoms with Gasteiger partial charge >= 0.3 is 0 Å². The van der Waals surface area contributed by atoms with E-state index in [0.29, 0.717) is 5.92 Å². The minimum absolute atomic E-state index is 0.547. The van der Waals surface area contributed by atoms with Crippen LogP contribution in [-0.4, -0.2) is 10.2 Å². The molecule has 0 saturated carbocycles. The molecule has 0 bridgehead atoms. The van der Waals surface area contributed by atoms with E-state index in [1.165, 1.54) is 22.4 Å². The second kappa shape index (κ2) is 3.62. The van der Waals surface area contributed by atoms with Gasteiger partial charge in [0.2, 0.25) is 0 Å². The van der Waals surface area contributed by atoms with Gasteiger partial charge in [0.25, 0.3) is 0 Å². The van der Waals surface area contributed by atoms with Crippen molar-refractivity contribution >= 4 is 5.69 Å². The molecule has 88 valence electrons. The molecule has 1 aromatic carbocycles. The first-order valence-corrected chi connectivity index (χ1v) is 6.09. The monoisotopic (exact) mass is 227 g/mol. The third kappa shape index (κ3) is 1.54. The summed E-state index contributed by atoms with van der Waals surface area (Å²) < 4.78 is 0. The third-order valence-electron chi connectivity index (χ3n) is 3.49. The standard InChI is InChI=1S/C14H17N3/c1-8(2)10-4-5-13-11(6-10)14-12(7-15-13)9(3)16-17-14/h4-6,8,15H,7H2,1-3H3,(H,16,17). The minimum Gasteiger partial charge on any atom is -0.380 e. The Bertz CT molecular complexity index is 567. The van der Waals surface area contributed by atoms with E-state index in [4.69, 9.17) is 0 Å². The molecule has 0 radical (unpaired) electrons. The number of hydrogen-bond donors (Lipinski definition) is 2. The van der Waals surface area contributed by atoms with Crippen molar-refractivity contribution in [3.8, 4) is 11.3 Å². The minimum atomic E-state index is 0.547. The van der Waals surface area contributed by atoms with Crippen molar-refractivity contribution in [2.45, 2.75) is 33.2 Å². The highest BCUT2D eigenvalue weighted by Gasteiger charge is 2.20. The number of aromatic amines is 1. The lowest BCUT2D eigenvalue weighted by atomic mass is 9.94. The summed E-state index contributed by atoms with van der Waals surface area (Å²) in [6.07, 6.45) is 0. The average molecular weight is 227 g/mol. The van der Waals surface area contributed by atoms with Crippen LogP contribution in [0.25, 0.3) is 11.3 Å². The molecule has 2 heterocycles. The van der Waals surface area contributed by atoms with Crippen LogP contribution in [0.15, 0.2) is 18.2 Å². The van der Waals surface area contributed by atoms with Crippen LogP contribution >= 0.6 is 0 Å². The van der Waals surface area contributed by atoms with Gasteiger partial charge in [-0.3, -0.25) is 5.10 Å². The molecule has 2 aromatic rings. The van der Waals surface area contributed by atoms with E-state index < -0.39 is 0 Å². The van der Waals surface area contributed by atoms with Crippen molar-refractivity contribution in [3.63, 3.8) is 0 Å². The summed E-state index contributed by atoms with van der Waals surface area (Å²) in [5, 5.41) is 11.0. The molecular weight excluding hydrogens is 210 g/mol. The third-order valence-corrected chi connectivity index (χ3v) is 3.49. The van der Waals surface area contributed by atoms with Crippen LogP contribution < -0.4 is 5.32 Å². The van der Waals surface area contributed by atoms with E-state index in [-0.39, 0.29) is 0 Å². The number of anilines is 1. The molecule has 2 N–H and O–H groups in total. The second-order valence-corrected chi connectivity index (χ2v) is 4.99. The number of H-pyrrole nitrogens is 1. The van der Waals surface area contributed by atoms with Gasteiger partial charge < -0.3 is 5.32 Å². The summed E-state index contributed by atoms with van der Waals surface area (Å²) in [5.74, 6) is 0.547. The smallest absolute Gasteiger partial charge is 0.0994 e. The Morgan fingerprint density at radius 3 is 2.88 bits per heavy atom. The molecule has 1 aliphatic heterocycles. The molecule has 1 aromatic heterocycles. The summed E-state index contributed by atoms with van der Waals surface area (Å²) in [4.78, 5) is 0. The maximum absolute atomic E-state index is 4.43. The zero-order chi connectivity index (χ0) is 12.0. The number of nitrogens with zero attached hydrogens (tertiary/aromatic N) is 1. The van der Waals surface area contributed by atoms with Crippen LogP contribution in [0.2, 0.25) is 0 Å². The summed E-state index contributed by atoms with van der Waals surface area (Å²) >= 11 is 0. The number of aromatic nitrogens is 2. The van der Waals surface area contributed by atoms with E-state index in [0.717, 1.165) is 17.9 Å². The number of fused-ring (bicyclic) bond motifs is 3. The summed E-state index contributed by atoms with van der Waals surface area (Å²) in [6.45, 7) is 7.37. The highest BCUT2D eigenvalue weighted by Crippen LogP contribution is 2.36. The fourth-order valence-electron chi connectivity index (χ4n) is 2.35. The van der Waals surface area contributed by atoms with E-state index in [9.17, 15) is 0 Å². The molecule has 0 unspecified atom stereocenters. The highest BCUT2D eigenvalue weighted by molar-refractivity contribution is 5.81. The summed E-state index contributed by atoms with van der Waals surface area (Å²) in [5.41, 5.74) is 7.33. The van der Waals surface area contributed by atoms with E-state index in [1.54, 1.807) is 0 Å². The van der Waals surface area contributed by atoms with Crippen molar-refractivity contribution < 1.29 is 0 Å². The number of rotatable bonds is 1. The second-order valence-electron chi connectivity index (χ2n) is 4.99. The van der Waals surface area contributed by atoms with E-state index in [2.05, 4.69) is 54.5 Å². The molecule has 0 saturated heterocycles. The SMILES string of the molecule is Cc1[nH]nc2c1CNc1ccc(C(C)C)cc1-2. The van der Waals surface area contributed by atoms with Gasteiger partial charge in [-0.15, -0.1) is 0 Å². The Kier molecular flexibility index (Phi) is 2.21. The molecule has 0 amide bonds. The first-order valence-electron chi connectivity index (χ1n) is 6.09. The molecule has 3 heteroatoms. The van der Waals surface area contributed by atoms with Crippen LogP contribution in [0.3, 0.4) is 0 Å². The zero-order valence-electron chi connectivity index (χ0n) is 10.5. The highest BCUT2D eigenvalue weighted by atomic mass is 15.1. The first kappa shape index (κ1) is 10.4. The Morgan fingerprint density at radius 2 is 2.12 bits per heavy atom. The fraction of sp³-hybridized carbons (Fsp3) is 0.357. The number of benzene rings is 1. The zero-order valence-corrected chi connectivity index (χ0v) is 10.5. The van der Waals surface area contributed by atoms with Crippen molar-refractivity contribution in [2.75, 3.05) is 5.32 Å². The molecule has 1 aliphatic rings. The van der Waals surface area contributed by atoms with Gasteiger partial charge in [-0.25, -0.2) is 0 Å². The molecule has 0 aliphatic carbocycles. The Balaban J connectivity index is 2.19. The van der Waals surface area contributed by atoms with Gasteiger partial charge in [0.1, 0.15) is 0 Å². The summed E-state index contributed by atoms with van der Waals surface area (Å²) in [6, 6.07) is 6.61. The quantitative estimate of drug-likeness (QED) is 0.783. The normalized spacial score (nSPS) is 13.2. The van der Waals surface area contributed by atoms with E-state index in [1.807, 2.05) is 0 Å². The maximum atomic E-state index is 4.43. The van der Waals surface area contributed by atoms with Crippen molar-refractivity contribution in [1.82, 2.24) is 10.2 Å². The molecule has 0 spiro atoms. The van der Waals surface area contributed by atoms with Gasteiger partial charge in [0.15, 0.2) is 0 Å². The lowest BCUT2D eigenvalue weighted by Gasteiger charge is -2.19. The maximum Gasteiger partial charge on any atom is 0.0994 e. The molecule has 17 heavy (non-hydrogen) atoms. The number of aryl methyl sites for hydroxylation is 1. The van der Waals surface area contributed by atoms with Crippen molar-refractivity contribution in [3.05, 3.63) is 35.0 Å². The van der Waals surface area contributed by atoms with Gasteiger partial charge in [0, 0.05) is 29.1 Å². The van der Waals surface area contributed by atoms with Gasteiger partial charge in [0.05, 0.1) is 5.69 Å². The predicted octanol–water partition coefficient (Wildman–Crippen LogP) is 3.43. The molecule has 3 rings (SSSR count). The Hall–Kier alpha value is -1.77. The first-order chi connectivity index (χ1) is 8.16. The van der Waals surface area contributed by atoms with Gasteiger partial charge in [-0.1, -0.05) is 19.9 Å². The lowest BCUT2D eigenvalue weighted by Crippen LogP contribution is -2.08. The molecular formula is C14H17N3. The molecule has 0 atom stereocenters. The van der Waals surface area contributed by atoms with Gasteiger partial charge in [-0.2, -0.15) is 5.10 Å². The van der Waals surface area contributed by atoms with Crippen LogP contribution in [0.1, 0.15) is 36.6 Å². The number of nitrogens with one attached hydrogen (secondary N) is 2. The topological polar surface area (TPSA) is 40.7 Å². The predicted molar refractivity (Wildman–Crippen MR) is 70.2 cm³/mol. The average Bonchev–Trinajstić information content (AvgIpc) is 2.71. The van der Waals surface area contributed by atoms with Gasteiger partial charge in [-0.05, 0) is 30.5 Å². The summed E-state index contributed by atoms with van der Waals surface area (Å²) in [7, 11) is 0. The Morgan fingerprint density at radius 1 is 1.29 bits per heavy atom. The van der Waals surface area contributed by atoms with Crippen molar-refractivity contribution in [2.24, 2.45) is 0 Å². The number of hydrogen-bond acceptors (Lipinski definition) is 2. The van der Waals surface area contributed by atoms with Crippen LogP contribution in [0.5, 0.6) is 0 Å². The van der Waals surface area contributed by atoms with Crippen LogP contribution in [-0.2, 0) is 6.54 Å². The van der Waals surface area contributed by atoms with Crippen molar-refractivity contribution in [1.29, 1.82) is 0 Å². The fourth-order valence-corrected chi connectivity index (χ4v) is 2.35. The van der Waals surface area contributed by atoms with E-state index >= 15 is 0 Å². The van der Waals surface area contributed by atoms with Crippen LogP contribution in [0.4, 0.5) is 5.69 Å². The molecule has 0 fully saturated rings. The lowest BCUT2D eigenvalue weighted by molar-refractivity contribution is 0.866. The van der Waals surface area contributed by atoms with Crippen LogP contribution in [0, 0.1) is 6.92 Å². The Labute approximate surface area is 101 Å².